The van der Waals surface area contributed by atoms with Gasteiger partial charge in [0.15, 0.2) is 0 Å². The molecule has 0 spiro atoms. The molecule has 1 unspecified atom stereocenters. The number of hydrogen-bond acceptors (Lipinski definition) is 3. The number of nitrogens with zero attached hydrogens (tertiary/aromatic N) is 1. The second-order valence-corrected chi connectivity index (χ2v) is 4.23. The SMILES string of the molecule is N[C@H]1CCN(C(=O)CC2CCCO2)C1. The fourth-order valence-corrected chi connectivity index (χ4v) is 2.14. The van der Waals surface area contributed by atoms with Crippen LogP contribution in [0.1, 0.15) is 25.7 Å². The molecule has 0 bridgehead atoms. The van der Waals surface area contributed by atoms with Gasteiger partial charge in [0.1, 0.15) is 0 Å². The van der Waals surface area contributed by atoms with E-state index in [1.165, 1.54) is 0 Å². The molecule has 2 saturated heterocycles. The highest BCUT2D eigenvalue weighted by Crippen LogP contribution is 2.18. The zero-order chi connectivity index (χ0) is 9.97. The molecule has 4 nitrogen and oxygen atoms in total. The minimum Gasteiger partial charge on any atom is -0.378 e. The van der Waals surface area contributed by atoms with Crippen molar-refractivity contribution in [2.24, 2.45) is 5.73 Å². The molecule has 0 radical (unpaired) electrons. The Morgan fingerprint density at radius 2 is 2.36 bits per heavy atom. The number of hydrogen-bond donors (Lipinski definition) is 1. The normalized spacial score (nSPS) is 32.5. The number of amides is 1. The lowest BCUT2D eigenvalue weighted by Crippen LogP contribution is -2.33. The highest BCUT2D eigenvalue weighted by atomic mass is 16.5. The summed E-state index contributed by atoms with van der Waals surface area (Å²) in [6.45, 7) is 2.37. The Morgan fingerprint density at radius 1 is 1.50 bits per heavy atom. The van der Waals surface area contributed by atoms with Gasteiger partial charge in [0.25, 0.3) is 0 Å². The summed E-state index contributed by atoms with van der Waals surface area (Å²) in [7, 11) is 0. The predicted octanol–water partition coefficient (Wildman–Crippen LogP) is 0.115. The van der Waals surface area contributed by atoms with Gasteiger partial charge in [-0.25, -0.2) is 0 Å². The molecule has 0 aromatic heterocycles. The van der Waals surface area contributed by atoms with E-state index in [-0.39, 0.29) is 18.1 Å². The summed E-state index contributed by atoms with van der Waals surface area (Å²) in [5, 5.41) is 0. The Kier molecular flexibility index (Phi) is 3.03. The van der Waals surface area contributed by atoms with Gasteiger partial charge >= 0.3 is 0 Å². The van der Waals surface area contributed by atoms with Crippen molar-refractivity contribution in [2.75, 3.05) is 19.7 Å². The second-order valence-electron chi connectivity index (χ2n) is 4.23. The Balaban J connectivity index is 1.77. The molecule has 80 valence electrons. The van der Waals surface area contributed by atoms with E-state index in [9.17, 15) is 4.79 Å². The minimum atomic E-state index is 0.166. The lowest BCUT2D eigenvalue weighted by atomic mass is 10.1. The summed E-state index contributed by atoms with van der Waals surface area (Å²) in [6, 6.07) is 0.184. The maximum Gasteiger partial charge on any atom is 0.225 e. The number of rotatable bonds is 2. The van der Waals surface area contributed by atoms with Crippen molar-refractivity contribution in [3.8, 4) is 0 Å². The first-order valence-corrected chi connectivity index (χ1v) is 5.40. The van der Waals surface area contributed by atoms with Crippen LogP contribution < -0.4 is 5.73 Å². The first kappa shape index (κ1) is 9.93. The third-order valence-electron chi connectivity index (χ3n) is 3.00. The van der Waals surface area contributed by atoms with E-state index in [1.807, 2.05) is 4.90 Å². The fourth-order valence-electron chi connectivity index (χ4n) is 2.14. The average Bonchev–Trinajstić information content (AvgIpc) is 2.75. The maximum absolute atomic E-state index is 11.7. The van der Waals surface area contributed by atoms with Gasteiger partial charge in [-0.2, -0.15) is 0 Å². The molecule has 2 atom stereocenters. The highest BCUT2D eigenvalue weighted by Gasteiger charge is 2.27. The molecule has 0 aromatic rings. The Morgan fingerprint density at radius 3 is 2.93 bits per heavy atom. The average molecular weight is 198 g/mol. The number of ether oxygens (including phenoxy) is 1. The number of carbonyl (C=O) groups excluding carboxylic acids is 1. The van der Waals surface area contributed by atoms with E-state index in [0.717, 1.165) is 39.0 Å². The summed E-state index contributed by atoms with van der Waals surface area (Å²) in [5.74, 6) is 0.213. The molecule has 2 rings (SSSR count). The van der Waals surface area contributed by atoms with Crippen LogP contribution in [0, 0.1) is 0 Å². The Bertz CT molecular complexity index is 214. The van der Waals surface area contributed by atoms with E-state index < -0.39 is 0 Å². The van der Waals surface area contributed by atoms with E-state index in [2.05, 4.69) is 0 Å². The van der Waals surface area contributed by atoms with Crippen LogP contribution in [0.2, 0.25) is 0 Å². The van der Waals surface area contributed by atoms with Gasteiger partial charge in [-0.1, -0.05) is 0 Å². The largest absolute Gasteiger partial charge is 0.378 e. The minimum absolute atomic E-state index is 0.166. The smallest absolute Gasteiger partial charge is 0.225 e. The van der Waals surface area contributed by atoms with Crippen molar-refractivity contribution in [2.45, 2.75) is 37.8 Å². The summed E-state index contributed by atoms with van der Waals surface area (Å²) < 4.78 is 5.43. The van der Waals surface area contributed by atoms with Crippen LogP contribution in [-0.2, 0) is 9.53 Å². The zero-order valence-electron chi connectivity index (χ0n) is 8.45. The van der Waals surface area contributed by atoms with Gasteiger partial charge in [0.05, 0.1) is 12.5 Å². The molecular weight excluding hydrogens is 180 g/mol. The molecule has 2 aliphatic heterocycles. The third kappa shape index (κ3) is 2.25. The molecule has 1 amide bonds. The monoisotopic (exact) mass is 198 g/mol. The number of carbonyl (C=O) groups is 1. The van der Waals surface area contributed by atoms with Crippen LogP contribution in [0.5, 0.6) is 0 Å². The first-order chi connectivity index (χ1) is 6.75. The summed E-state index contributed by atoms with van der Waals surface area (Å²) >= 11 is 0. The van der Waals surface area contributed by atoms with Crippen molar-refractivity contribution in [1.29, 1.82) is 0 Å². The van der Waals surface area contributed by atoms with Crippen LogP contribution in [0.15, 0.2) is 0 Å². The molecule has 0 saturated carbocycles. The zero-order valence-corrected chi connectivity index (χ0v) is 8.45. The molecule has 2 heterocycles. The standard InChI is InChI=1S/C10H18N2O2/c11-8-3-4-12(7-8)10(13)6-9-2-1-5-14-9/h8-9H,1-7,11H2/t8-,9?/m0/s1. The van der Waals surface area contributed by atoms with Crippen LogP contribution >= 0.6 is 0 Å². The van der Waals surface area contributed by atoms with Gasteiger partial charge in [-0.15, -0.1) is 0 Å². The second kappa shape index (κ2) is 4.28. The molecule has 2 N–H and O–H groups in total. The lowest BCUT2D eigenvalue weighted by molar-refractivity contribution is -0.132. The summed E-state index contributed by atoms with van der Waals surface area (Å²) in [4.78, 5) is 13.6. The van der Waals surface area contributed by atoms with Crippen molar-refractivity contribution in [3.63, 3.8) is 0 Å². The third-order valence-corrected chi connectivity index (χ3v) is 3.00. The number of nitrogens with two attached hydrogens (primary N) is 1. The van der Waals surface area contributed by atoms with Crippen molar-refractivity contribution in [1.82, 2.24) is 4.90 Å². The number of likely N-dealkylation sites (tertiary alicyclic amines) is 1. The van der Waals surface area contributed by atoms with Gasteiger partial charge in [-0.3, -0.25) is 4.79 Å². The summed E-state index contributed by atoms with van der Waals surface area (Å²) in [6.07, 6.45) is 3.78. The first-order valence-electron chi connectivity index (χ1n) is 5.40. The Labute approximate surface area is 84.4 Å². The van der Waals surface area contributed by atoms with Crippen LogP contribution in [0.25, 0.3) is 0 Å². The van der Waals surface area contributed by atoms with Crippen molar-refractivity contribution in [3.05, 3.63) is 0 Å². The van der Waals surface area contributed by atoms with Crippen molar-refractivity contribution >= 4 is 5.91 Å². The van der Waals surface area contributed by atoms with E-state index in [0.29, 0.717) is 6.42 Å². The maximum atomic E-state index is 11.7. The molecule has 0 aromatic carbocycles. The molecule has 14 heavy (non-hydrogen) atoms. The quantitative estimate of drug-likeness (QED) is 0.685. The molecule has 2 fully saturated rings. The predicted molar refractivity (Wildman–Crippen MR) is 52.8 cm³/mol. The highest BCUT2D eigenvalue weighted by molar-refractivity contribution is 5.77. The van der Waals surface area contributed by atoms with Crippen LogP contribution in [0.3, 0.4) is 0 Å². The van der Waals surface area contributed by atoms with E-state index in [1.54, 1.807) is 0 Å². The molecular formula is C10H18N2O2. The van der Waals surface area contributed by atoms with Gasteiger partial charge in [0.2, 0.25) is 5.91 Å². The van der Waals surface area contributed by atoms with Gasteiger partial charge in [0, 0.05) is 25.7 Å². The molecule has 2 aliphatic rings. The van der Waals surface area contributed by atoms with Crippen molar-refractivity contribution < 1.29 is 9.53 Å². The van der Waals surface area contributed by atoms with Crippen LogP contribution in [-0.4, -0.2) is 42.6 Å². The molecule has 0 aliphatic carbocycles. The Hall–Kier alpha value is -0.610. The molecule has 4 heteroatoms. The fraction of sp³-hybridized carbons (Fsp3) is 0.900. The van der Waals surface area contributed by atoms with Gasteiger partial charge in [-0.05, 0) is 19.3 Å². The van der Waals surface area contributed by atoms with E-state index >= 15 is 0 Å². The topological polar surface area (TPSA) is 55.6 Å². The van der Waals surface area contributed by atoms with Crippen LogP contribution in [0.4, 0.5) is 0 Å². The summed E-state index contributed by atoms with van der Waals surface area (Å²) in [5.41, 5.74) is 5.75. The lowest BCUT2D eigenvalue weighted by Gasteiger charge is -2.17. The van der Waals surface area contributed by atoms with Gasteiger partial charge < -0.3 is 15.4 Å². The van der Waals surface area contributed by atoms with E-state index in [4.69, 9.17) is 10.5 Å².